The second kappa shape index (κ2) is 4.58. The number of nitrogens with zero attached hydrogens (tertiary/aromatic N) is 2. The third-order valence-corrected chi connectivity index (χ3v) is 4.76. The predicted molar refractivity (Wildman–Crippen MR) is 68.5 cm³/mol. The number of hydrogen-bond acceptors (Lipinski definition) is 5. The number of rotatable bonds is 4. The number of fused-ring (bicyclic) bond motifs is 1. The summed E-state index contributed by atoms with van der Waals surface area (Å²) in [7, 11) is -3.47. The largest absolute Gasteiger partial charge is 0.424 e. The Morgan fingerprint density at radius 1 is 1.33 bits per heavy atom. The zero-order valence-electron chi connectivity index (χ0n) is 10.3. The summed E-state index contributed by atoms with van der Waals surface area (Å²) in [6.07, 6.45) is 0. The zero-order chi connectivity index (χ0) is 13.3. The van der Waals surface area contributed by atoms with E-state index in [0.717, 1.165) is 0 Å². The molecule has 0 atom stereocenters. The lowest BCUT2D eigenvalue weighted by atomic mass is 10.3. The van der Waals surface area contributed by atoms with Gasteiger partial charge in [0.25, 0.3) is 6.01 Å². The fourth-order valence-electron chi connectivity index (χ4n) is 1.80. The molecule has 0 radical (unpaired) electrons. The van der Waals surface area contributed by atoms with Crippen LogP contribution >= 0.6 is 0 Å². The Balaban J connectivity index is 2.53. The van der Waals surface area contributed by atoms with Gasteiger partial charge in [-0.05, 0) is 18.2 Å². The average molecular weight is 269 g/mol. The molecular formula is C11H15N3O3S. The van der Waals surface area contributed by atoms with E-state index in [1.807, 2.05) is 0 Å². The smallest absolute Gasteiger partial charge is 0.292 e. The molecule has 2 N–H and O–H groups in total. The van der Waals surface area contributed by atoms with E-state index in [2.05, 4.69) is 4.98 Å². The molecule has 2 rings (SSSR count). The molecular weight excluding hydrogens is 254 g/mol. The van der Waals surface area contributed by atoms with Crippen LogP contribution in [0.2, 0.25) is 0 Å². The van der Waals surface area contributed by atoms with Crippen LogP contribution in [0.4, 0.5) is 6.01 Å². The van der Waals surface area contributed by atoms with E-state index in [1.165, 1.54) is 16.4 Å². The Labute approximate surface area is 105 Å². The number of hydrogen-bond donors (Lipinski definition) is 1. The van der Waals surface area contributed by atoms with Crippen LogP contribution < -0.4 is 5.73 Å². The molecule has 1 heterocycles. The van der Waals surface area contributed by atoms with Crippen molar-refractivity contribution < 1.29 is 12.8 Å². The van der Waals surface area contributed by atoms with Gasteiger partial charge in [0.05, 0.1) is 4.90 Å². The topological polar surface area (TPSA) is 89.4 Å². The quantitative estimate of drug-likeness (QED) is 0.907. The Bertz CT molecular complexity index is 659. The third-order valence-electron chi connectivity index (χ3n) is 2.72. The fourth-order valence-corrected chi connectivity index (χ4v) is 3.28. The van der Waals surface area contributed by atoms with E-state index in [-0.39, 0.29) is 10.9 Å². The number of sulfonamides is 1. The summed E-state index contributed by atoms with van der Waals surface area (Å²) in [6, 6.07) is 4.57. The van der Waals surface area contributed by atoms with Gasteiger partial charge in [0, 0.05) is 13.1 Å². The first-order valence-corrected chi connectivity index (χ1v) is 7.09. The predicted octanol–water partition coefficient (Wildman–Crippen LogP) is 1.44. The molecule has 2 aromatic rings. The summed E-state index contributed by atoms with van der Waals surface area (Å²) in [5, 5.41) is 0. The van der Waals surface area contributed by atoms with Crippen molar-refractivity contribution in [2.24, 2.45) is 0 Å². The van der Waals surface area contributed by atoms with E-state index in [1.54, 1.807) is 19.9 Å². The van der Waals surface area contributed by atoms with Gasteiger partial charge in [-0.15, -0.1) is 0 Å². The monoisotopic (exact) mass is 269 g/mol. The van der Waals surface area contributed by atoms with Crippen molar-refractivity contribution in [3.05, 3.63) is 18.2 Å². The van der Waals surface area contributed by atoms with Gasteiger partial charge in [-0.25, -0.2) is 8.42 Å². The Kier molecular flexibility index (Phi) is 3.27. The second-order valence-electron chi connectivity index (χ2n) is 3.77. The lowest BCUT2D eigenvalue weighted by Gasteiger charge is -2.18. The highest BCUT2D eigenvalue weighted by atomic mass is 32.2. The number of oxazole rings is 1. The third kappa shape index (κ3) is 2.06. The van der Waals surface area contributed by atoms with Crippen molar-refractivity contribution in [1.82, 2.24) is 9.29 Å². The fraction of sp³-hybridized carbons (Fsp3) is 0.364. The molecule has 6 nitrogen and oxygen atoms in total. The summed E-state index contributed by atoms with van der Waals surface area (Å²) in [5.41, 5.74) is 6.35. The molecule has 0 fully saturated rings. The molecule has 7 heteroatoms. The van der Waals surface area contributed by atoms with Crippen molar-refractivity contribution in [2.75, 3.05) is 18.8 Å². The first-order valence-electron chi connectivity index (χ1n) is 5.65. The van der Waals surface area contributed by atoms with E-state index < -0.39 is 10.0 Å². The zero-order valence-corrected chi connectivity index (χ0v) is 11.1. The highest BCUT2D eigenvalue weighted by Crippen LogP contribution is 2.22. The molecule has 0 aliphatic heterocycles. The summed E-state index contributed by atoms with van der Waals surface area (Å²) in [5.74, 6) is 0. The average Bonchev–Trinajstić information content (AvgIpc) is 2.69. The summed E-state index contributed by atoms with van der Waals surface area (Å²) < 4.78 is 31.1. The van der Waals surface area contributed by atoms with Crippen LogP contribution in [0.15, 0.2) is 27.5 Å². The minimum absolute atomic E-state index is 0.0300. The molecule has 0 unspecified atom stereocenters. The van der Waals surface area contributed by atoms with E-state index in [4.69, 9.17) is 10.2 Å². The number of nitrogens with two attached hydrogens (primary N) is 1. The maximum Gasteiger partial charge on any atom is 0.292 e. The van der Waals surface area contributed by atoms with Crippen molar-refractivity contribution in [3.63, 3.8) is 0 Å². The van der Waals surface area contributed by atoms with E-state index in [9.17, 15) is 8.42 Å². The van der Waals surface area contributed by atoms with Crippen LogP contribution in [0.25, 0.3) is 11.1 Å². The maximum atomic E-state index is 12.3. The van der Waals surface area contributed by atoms with Gasteiger partial charge in [0.2, 0.25) is 10.0 Å². The van der Waals surface area contributed by atoms with E-state index in [0.29, 0.717) is 24.2 Å². The summed E-state index contributed by atoms with van der Waals surface area (Å²) >= 11 is 0. The van der Waals surface area contributed by atoms with Crippen molar-refractivity contribution in [3.8, 4) is 0 Å². The van der Waals surface area contributed by atoms with Gasteiger partial charge in [-0.2, -0.15) is 9.29 Å². The number of benzene rings is 1. The van der Waals surface area contributed by atoms with Crippen molar-refractivity contribution >= 4 is 27.1 Å². The second-order valence-corrected chi connectivity index (χ2v) is 5.71. The summed E-state index contributed by atoms with van der Waals surface area (Å²) in [6.45, 7) is 4.46. The molecule has 18 heavy (non-hydrogen) atoms. The van der Waals surface area contributed by atoms with E-state index >= 15 is 0 Å². The van der Waals surface area contributed by atoms with Crippen LogP contribution in [0, 0.1) is 0 Å². The SMILES string of the molecule is CCN(CC)S(=O)(=O)c1ccc2oc(N)nc2c1. The highest BCUT2D eigenvalue weighted by molar-refractivity contribution is 7.89. The molecule has 1 aromatic carbocycles. The van der Waals surface area contributed by atoms with Crippen LogP contribution in [-0.2, 0) is 10.0 Å². The molecule has 0 aliphatic carbocycles. The number of anilines is 1. The minimum Gasteiger partial charge on any atom is -0.424 e. The highest BCUT2D eigenvalue weighted by Gasteiger charge is 2.22. The Morgan fingerprint density at radius 3 is 2.61 bits per heavy atom. The number of aromatic nitrogens is 1. The standard InChI is InChI=1S/C11H15N3O3S/c1-3-14(4-2)18(15,16)8-5-6-10-9(7-8)13-11(12)17-10/h5-7H,3-4H2,1-2H3,(H2,12,13). The molecule has 0 saturated heterocycles. The molecule has 0 aliphatic rings. The maximum absolute atomic E-state index is 12.3. The van der Waals surface area contributed by atoms with Gasteiger partial charge >= 0.3 is 0 Å². The molecule has 1 aromatic heterocycles. The van der Waals surface area contributed by atoms with Crippen LogP contribution in [0.3, 0.4) is 0 Å². The molecule has 98 valence electrons. The summed E-state index contributed by atoms with van der Waals surface area (Å²) in [4.78, 5) is 4.13. The molecule has 0 spiro atoms. The van der Waals surface area contributed by atoms with Gasteiger partial charge < -0.3 is 10.2 Å². The first-order chi connectivity index (χ1) is 8.48. The van der Waals surface area contributed by atoms with Crippen LogP contribution in [0.5, 0.6) is 0 Å². The van der Waals surface area contributed by atoms with Gasteiger partial charge in [-0.1, -0.05) is 13.8 Å². The molecule has 0 amide bonds. The Hall–Kier alpha value is -1.60. The lowest BCUT2D eigenvalue weighted by molar-refractivity contribution is 0.445. The van der Waals surface area contributed by atoms with Crippen LogP contribution in [0.1, 0.15) is 13.8 Å². The van der Waals surface area contributed by atoms with Gasteiger partial charge in [-0.3, -0.25) is 0 Å². The Morgan fingerprint density at radius 2 is 2.00 bits per heavy atom. The first kappa shape index (κ1) is 12.8. The molecule has 0 saturated carbocycles. The van der Waals surface area contributed by atoms with Crippen molar-refractivity contribution in [2.45, 2.75) is 18.7 Å². The normalized spacial score (nSPS) is 12.4. The minimum atomic E-state index is -3.47. The van der Waals surface area contributed by atoms with Crippen LogP contribution in [-0.4, -0.2) is 30.8 Å². The molecule has 0 bridgehead atoms. The number of nitrogen functional groups attached to an aromatic ring is 1. The van der Waals surface area contributed by atoms with Gasteiger partial charge in [0.1, 0.15) is 5.52 Å². The lowest BCUT2D eigenvalue weighted by Crippen LogP contribution is -2.30. The van der Waals surface area contributed by atoms with Gasteiger partial charge in [0.15, 0.2) is 5.58 Å². The van der Waals surface area contributed by atoms with Crippen molar-refractivity contribution in [1.29, 1.82) is 0 Å².